The van der Waals surface area contributed by atoms with E-state index in [1.807, 2.05) is 0 Å². The highest BCUT2D eigenvalue weighted by Gasteiger charge is 2.26. The number of ether oxygens (including phenoxy) is 3. The first kappa shape index (κ1) is 20.3. The molecule has 156 valence electrons. The minimum absolute atomic E-state index is 0.0419. The Kier molecular flexibility index (Phi) is 5.75. The average molecular weight is 421 g/mol. The molecule has 0 radical (unpaired) electrons. The standard InChI is InChI=1S/C24H17F2NO4/c1-29-22-13-16(8-11-21(22)30-14-15-6-9-17(25)10-7-15)12-20-24(28)31-23(27-20)18-4-2-3-5-19(18)26/h2-13H,14H2,1H3. The Morgan fingerprint density at radius 2 is 1.77 bits per heavy atom. The van der Waals surface area contributed by atoms with E-state index in [1.54, 1.807) is 42.5 Å². The molecular weight excluding hydrogens is 404 g/mol. The van der Waals surface area contributed by atoms with Crippen LogP contribution in [0.1, 0.15) is 16.7 Å². The molecule has 0 N–H and O–H groups in total. The monoisotopic (exact) mass is 421 g/mol. The molecule has 5 nitrogen and oxygen atoms in total. The maximum absolute atomic E-state index is 13.9. The Morgan fingerprint density at radius 3 is 2.52 bits per heavy atom. The highest BCUT2D eigenvalue weighted by Crippen LogP contribution is 2.30. The Labute approximate surface area is 177 Å². The average Bonchev–Trinajstić information content (AvgIpc) is 3.14. The Hall–Kier alpha value is -4.00. The molecule has 0 aliphatic carbocycles. The third-order valence-electron chi connectivity index (χ3n) is 4.52. The van der Waals surface area contributed by atoms with Crippen molar-refractivity contribution in [2.24, 2.45) is 4.99 Å². The lowest BCUT2D eigenvalue weighted by Gasteiger charge is -2.11. The summed E-state index contributed by atoms with van der Waals surface area (Å²) in [5, 5.41) is 0. The molecule has 3 aromatic rings. The van der Waals surface area contributed by atoms with Crippen molar-refractivity contribution in [3.8, 4) is 11.5 Å². The summed E-state index contributed by atoms with van der Waals surface area (Å²) in [7, 11) is 1.50. The van der Waals surface area contributed by atoms with Crippen molar-refractivity contribution in [2.45, 2.75) is 6.61 Å². The Bertz CT molecular complexity index is 1190. The van der Waals surface area contributed by atoms with E-state index >= 15 is 0 Å². The van der Waals surface area contributed by atoms with Crippen molar-refractivity contribution in [1.29, 1.82) is 0 Å². The predicted molar refractivity (Wildman–Crippen MR) is 111 cm³/mol. The Morgan fingerprint density at radius 1 is 1.00 bits per heavy atom. The van der Waals surface area contributed by atoms with Crippen LogP contribution in [0.5, 0.6) is 11.5 Å². The van der Waals surface area contributed by atoms with Crippen LogP contribution in [0.15, 0.2) is 77.4 Å². The zero-order chi connectivity index (χ0) is 21.8. The fourth-order valence-electron chi connectivity index (χ4n) is 2.95. The second-order valence-electron chi connectivity index (χ2n) is 6.64. The van der Waals surface area contributed by atoms with Gasteiger partial charge in [-0.3, -0.25) is 0 Å². The third-order valence-corrected chi connectivity index (χ3v) is 4.52. The molecule has 0 saturated heterocycles. The number of benzene rings is 3. The topological polar surface area (TPSA) is 57.1 Å². The van der Waals surface area contributed by atoms with Crippen LogP contribution in [0.3, 0.4) is 0 Å². The number of methoxy groups -OCH3 is 1. The highest BCUT2D eigenvalue weighted by molar-refractivity contribution is 6.12. The van der Waals surface area contributed by atoms with Gasteiger partial charge in [-0.05, 0) is 53.6 Å². The number of carbonyl (C=O) groups excluding carboxylic acids is 1. The quantitative estimate of drug-likeness (QED) is 0.420. The number of hydrogen-bond donors (Lipinski definition) is 0. The number of esters is 1. The third kappa shape index (κ3) is 4.61. The molecule has 0 fully saturated rings. The van der Waals surface area contributed by atoms with Gasteiger partial charge in [0.1, 0.15) is 18.2 Å². The lowest BCUT2D eigenvalue weighted by molar-refractivity contribution is -0.129. The second kappa shape index (κ2) is 8.79. The predicted octanol–water partition coefficient (Wildman–Crippen LogP) is 4.90. The molecule has 0 aromatic heterocycles. The highest BCUT2D eigenvalue weighted by atomic mass is 19.1. The molecule has 0 spiro atoms. The molecule has 0 bridgehead atoms. The van der Waals surface area contributed by atoms with Crippen molar-refractivity contribution < 1.29 is 27.8 Å². The van der Waals surface area contributed by atoms with Gasteiger partial charge in [-0.15, -0.1) is 0 Å². The van der Waals surface area contributed by atoms with E-state index in [4.69, 9.17) is 14.2 Å². The SMILES string of the molecule is COc1cc(C=C2N=C(c3ccccc3F)OC2=O)ccc1OCc1ccc(F)cc1. The largest absolute Gasteiger partial charge is 0.493 e. The number of hydrogen-bond acceptors (Lipinski definition) is 5. The van der Waals surface area contributed by atoms with Crippen molar-refractivity contribution >= 4 is 17.9 Å². The molecular formula is C24H17F2NO4. The first-order valence-electron chi connectivity index (χ1n) is 9.36. The summed E-state index contributed by atoms with van der Waals surface area (Å²) in [6.07, 6.45) is 1.52. The van der Waals surface area contributed by atoms with Gasteiger partial charge in [0.05, 0.1) is 12.7 Å². The summed E-state index contributed by atoms with van der Waals surface area (Å²) < 4.78 is 43.2. The number of nitrogens with zero attached hydrogens (tertiary/aromatic N) is 1. The van der Waals surface area contributed by atoms with Gasteiger partial charge >= 0.3 is 5.97 Å². The minimum atomic E-state index is -0.672. The second-order valence-corrected chi connectivity index (χ2v) is 6.64. The van der Waals surface area contributed by atoms with Gasteiger partial charge < -0.3 is 14.2 Å². The van der Waals surface area contributed by atoms with Crippen LogP contribution in [-0.4, -0.2) is 19.0 Å². The Balaban J connectivity index is 1.54. The molecule has 0 atom stereocenters. The molecule has 31 heavy (non-hydrogen) atoms. The molecule has 0 saturated carbocycles. The summed E-state index contributed by atoms with van der Waals surface area (Å²) in [5.74, 6) is -0.668. The molecule has 1 aliphatic rings. The molecule has 0 unspecified atom stereocenters. The molecule has 4 rings (SSSR count). The van der Waals surface area contributed by atoms with Crippen molar-refractivity contribution in [1.82, 2.24) is 0 Å². The van der Waals surface area contributed by atoms with Gasteiger partial charge in [-0.2, -0.15) is 0 Å². The first-order valence-corrected chi connectivity index (χ1v) is 9.36. The van der Waals surface area contributed by atoms with Gasteiger partial charge in [0.25, 0.3) is 0 Å². The summed E-state index contributed by atoms with van der Waals surface area (Å²) in [6.45, 7) is 0.236. The van der Waals surface area contributed by atoms with Gasteiger partial charge in [-0.25, -0.2) is 18.6 Å². The molecule has 1 heterocycles. The first-order chi connectivity index (χ1) is 15.0. The van der Waals surface area contributed by atoms with Crippen LogP contribution in [0.2, 0.25) is 0 Å². The minimum Gasteiger partial charge on any atom is -0.493 e. The molecule has 1 aliphatic heterocycles. The van der Waals surface area contributed by atoms with E-state index in [-0.39, 0.29) is 29.6 Å². The van der Waals surface area contributed by atoms with E-state index in [2.05, 4.69) is 4.99 Å². The number of halogens is 2. The van der Waals surface area contributed by atoms with E-state index in [1.165, 1.54) is 37.5 Å². The zero-order valence-corrected chi connectivity index (χ0v) is 16.5. The zero-order valence-electron chi connectivity index (χ0n) is 16.5. The van der Waals surface area contributed by atoms with E-state index < -0.39 is 11.8 Å². The van der Waals surface area contributed by atoms with Crippen LogP contribution >= 0.6 is 0 Å². The van der Waals surface area contributed by atoms with Crippen LogP contribution in [-0.2, 0) is 16.1 Å². The van der Waals surface area contributed by atoms with E-state index in [0.717, 1.165) is 5.56 Å². The summed E-state index contributed by atoms with van der Waals surface area (Å²) in [4.78, 5) is 16.3. The van der Waals surface area contributed by atoms with Crippen LogP contribution in [0.4, 0.5) is 8.78 Å². The van der Waals surface area contributed by atoms with Crippen molar-refractivity contribution in [2.75, 3.05) is 7.11 Å². The smallest absolute Gasteiger partial charge is 0.363 e. The fourth-order valence-corrected chi connectivity index (χ4v) is 2.95. The van der Waals surface area contributed by atoms with Crippen LogP contribution in [0.25, 0.3) is 6.08 Å². The lowest BCUT2D eigenvalue weighted by Crippen LogP contribution is -2.07. The molecule has 3 aromatic carbocycles. The van der Waals surface area contributed by atoms with Crippen LogP contribution in [0, 0.1) is 11.6 Å². The summed E-state index contributed by atoms with van der Waals surface area (Å²) >= 11 is 0. The van der Waals surface area contributed by atoms with Gasteiger partial charge in [-0.1, -0.05) is 30.3 Å². The maximum atomic E-state index is 13.9. The molecule has 7 heteroatoms. The lowest BCUT2D eigenvalue weighted by atomic mass is 10.1. The van der Waals surface area contributed by atoms with Gasteiger partial charge in [0.15, 0.2) is 17.2 Å². The van der Waals surface area contributed by atoms with Crippen molar-refractivity contribution in [3.63, 3.8) is 0 Å². The number of carbonyl (C=O) groups is 1. The number of cyclic esters (lactones) is 1. The number of rotatable bonds is 6. The van der Waals surface area contributed by atoms with E-state index in [9.17, 15) is 13.6 Å². The summed E-state index contributed by atoms with van der Waals surface area (Å²) in [5.41, 5.74) is 1.58. The van der Waals surface area contributed by atoms with Crippen LogP contribution < -0.4 is 9.47 Å². The van der Waals surface area contributed by atoms with Crippen molar-refractivity contribution in [3.05, 3.63) is 101 Å². The normalized spacial score (nSPS) is 14.4. The fraction of sp³-hybridized carbons (Fsp3) is 0.0833. The van der Waals surface area contributed by atoms with Gasteiger partial charge in [0.2, 0.25) is 5.90 Å². The van der Waals surface area contributed by atoms with E-state index in [0.29, 0.717) is 17.1 Å². The van der Waals surface area contributed by atoms with Gasteiger partial charge in [0, 0.05) is 0 Å². The maximum Gasteiger partial charge on any atom is 0.363 e. The summed E-state index contributed by atoms with van der Waals surface area (Å²) in [6, 6.07) is 17.0. The molecule has 0 amide bonds. The number of aliphatic imine (C=N–C) groups is 1.